The van der Waals surface area contributed by atoms with E-state index in [1.165, 1.54) is 19.3 Å². The fourth-order valence-corrected chi connectivity index (χ4v) is 3.19. The lowest BCUT2D eigenvalue weighted by Gasteiger charge is -2.38. The summed E-state index contributed by atoms with van der Waals surface area (Å²) in [5.74, 6) is 1.60. The first-order valence-electron chi connectivity index (χ1n) is 6.60. The van der Waals surface area contributed by atoms with Crippen LogP contribution in [0.1, 0.15) is 32.6 Å². The molecule has 94 valence electrons. The molecule has 0 bridgehead atoms. The molecule has 1 spiro atoms. The lowest BCUT2D eigenvalue weighted by molar-refractivity contribution is -0.100. The highest BCUT2D eigenvalue weighted by Crippen LogP contribution is 2.37. The molecule has 16 heavy (non-hydrogen) atoms. The Morgan fingerprint density at radius 3 is 3.00 bits per heavy atom. The third-order valence-electron chi connectivity index (χ3n) is 3.95. The van der Waals surface area contributed by atoms with E-state index in [0.717, 1.165) is 44.6 Å². The number of rotatable bonds is 4. The highest BCUT2D eigenvalue weighted by atomic mass is 16.6. The third kappa shape index (κ3) is 2.96. The maximum absolute atomic E-state index is 5.96. The highest BCUT2D eigenvalue weighted by molar-refractivity contribution is 4.90. The van der Waals surface area contributed by atoms with Gasteiger partial charge in [0.15, 0.2) is 0 Å². The van der Waals surface area contributed by atoms with E-state index < -0.39 is 0 Å². The molecule has 2 aliphatic heterocycles. The van der Waals surface area contributed by atoms with Crippen LogP contribution in [0.25, 0.3) is 0 Å². The zero-order chi connectivity index (χ0) is 11.4. The SMILES string of the molecule is CNCC(C)CC1CCOC2(CCOC2)C1. The molecule has 2 saturated heterocycles. The van der Waals surface area contributed by atoms with Gasteiger partial charge in [-0.15, -0.1) is 0 Å². The first-order valence-corrected chi connectivity index (χ1v) is 6.60. The zero-order valence-electron chi connectivity index (χ0n) is 10.6. The van der Waals surface area contributed by atoms with E-state index in [2.05, 4.69) is 12.2 Å². The van der Waals surface area contributed by atoms with Crippen LogP contribution >= 0.6 is 0 Å². The predicted molar refractivity (Wildman–Crippen MR) is 64.6 cm³/mol. The predicted octanol–water partition coefficient (Wildman–Crippen LogP) is 1.82. The van der Waals surface area contributed by atoms with E-state index in [1.807, 2.05) is 7.05 Å². The molecule has 2 aliphatic rings. The van der Waals surface area contributed by atoms with Crippen LogP contribution in [-0.2, 0) is 9.47 Å². The summed E-state index contributed by atoms with van der Waals surface area (Å²) < 4.78 is 11.5. The molecule has 2 rings (SSSR count). The molecule has 0 aromatic rings. The van der Waals surface area contributed by atoms with Crippen molar-refractivity contribution < 1.29 is 9.47 Å². The smallest absolute Gasteiger partial charge is 0.0939 e. The summed E-state index contributed by atoms with van der Waals surface area (Å²) >= 11 is 0. The average molecular weight is 227 g/mol. The van der Waals surface area contributed by atoms with Crippen LogP contribution in [0.3, 0.4) is 0 Å². The van der Waals surface area contributed by atoms with Crippen LogP contribution in [0.2, 0.25) is 0 Å². The molecular formula is C13H25NO2. The first kappa shape index (κ1) is 12.3. The van der Waals surface area contributed by atoms with Crippen molar-refractivity contribution in [2.24, 2.45) is 11.8 Å². The van der Waals surface area contributed by atoms with Gasteiger partial charge in [0.05, 0.1) is 12.2 Å². The minimum atomic E-state index is 0.0856. The van der Waals surface area contributed by atoms with Crippen molar-refractivity contribution in [3.05, 3.63) is 0 Å². The molecule has 0 aromatic heterocycles. The Morgan fingerprint density at radius 1 is 1.44 bits per heavy atom. The Balaban J connectivity index is 1.82. The molecule has 2 heterocycles. The molecule has 1 N–H and O–H groups in total. The van der Waals surface area contributed by atoms with Gasteiger partial charge in [-0.1, -0.05) is 6.92 Å². The Kier molecular flexibility index (Phi) is 4.22. The molecule has 3 nitrogen and oxygen atoms in total. The van der Waals surface area contributed by atoms with Crippen LogP contribution < -0.4 is 5.32 Å². The van der Waals surface area contributed by atoms with Crippen LogP contribution in [0.4, 0.5) is 0 Å². The van der Waals surface area contributed by atoms with Crippen LogP contribution in [0.15, 0.2) is 0 Å². The van der Waals surface area contributed by atoms with Gasteiger partial charge in [0.25, 0.3) is 0 Å². The average Bonchev–Trinajstić information content (AvgIpc) is 2.66. The van der Waals surface area contributed by atoms with Crippen molar-refractivity contribution in [2.75, 3.05) is 33.4 Å². The lowest BCUT2D eigenvalue weighted by Crippen LogP contribution is -2.41. The highest BCUT2D eigenvalue weighted by Gasteiger charge is 2.40. The van der Waals surface area contributed by atoms with E-state index >= 15 is 0 Å². The lowest BCUT2D eigenvalue weighted by atomic mass is 9.81. The molecule has 2 fully saturated rings. The number of nitrogens with one attached hydrogen (secondary N) is 1. The Bertz CT molecular complexity index is 214. The van der Waals surface area contributed by atoms with E-state index in [0.29, 0.717) is 0 Å². The molecule has 3 atom stereocenters. The van der Waals surface area contributed by atoms with Gasteiger partial charge < -0.3 is 14.8 Å². The molecule has 0 saturated carbocycles. The largest absolute Gasteiger partial charge is 0.378 e. The molecule has 3 heteroatoms. The summed E-state index contributed by atoms with van der Waals surface area (Å²) in [5, 5.41) is 3.26. The van der Waals surface area contributed by atoms with Gasteiger partial charge in [0.1, 0.15) is 0 Å². The van der Waals surface area contributed by atoms with Crippen molar-refractivity contribution in [3.8, 4) is 0 Å². The molecule has 0 amide bonds. The molecule has 3 unspecified atom stereocenters. The Labute approximate surface area is 98.9 Å². The van der Waals surface area contributed by atoms with Gasteiger partial charge in [0, 0.05) is 19.6 Å². The van der Waals surface area contributed by atoms with Gasteiger partial charge in [-0.25, -0.2) is 0 Å². The summed E-state index contributed by atoms with van der Waals surface area (Å²) in [6.07, 6.45) is 4.87. The second-order valence-corrected chi connectivity index (χ2v) is 5.59. The van der Waals surface area contributed by atoms with Gasteiger partial charge in [-0.3, -0.25) is 0 Å². The monoisotopic (exact) mass is 227 g/mol. The fraction of sp³-hybridized carbons (Fsp3) is 1.00. The minimum Gasteiger partial charge on any atom is -0.378 e. The summed E-state index contributed by atoms with van der Waals surface area (Å²) in [4.78, 5) is 0. The van der Waals surface area contributed by atoms with E-state index in [9.17, 15) is 0 Å². The standard InChI is InChI=1S/C13H25NO2/c1-11(9-14-2)7-12-3-5-16-13(8-12)4-6-15-10-13/h11-12,14H,3-10H2,1-2H3. The molecular weight excluding hydrogens is 202 g/mol. The zero-order valence-corrected chi connectivity index (χ0v) is 10.6. The van der Waals surface area contributed by atoms with Crippen molar-refractivity contribution in [1.29, 1.82) is 0 Å². The summed E-state index contributed by atoms with van der Waals surface area (Å²) in [6, 6.07) is 0. The number of hydrogen-bond acceptors (Lipinski definition) is 3. The Morgan fingerprint density at radius 2 is 2.31 bits per heavy atom. The second-order valence-electron chi connectivity index (χ2n) is 5.59. The quantitative estimate of drug-likeness (QED) is 0.794. The van der Waals surface area contributed by atoms with E-state index in [-0.39, 0.29) is 5.60 Å². The number of hydrogen-bond donors (Lipinski definition) is 1. The minimum absolute atomic E-state index is 0.0856. The normalized spacial score (nSPS) is 36.8. The fourth-order valence-electron chi connectivity index (χ4n) is 3.19. The van der Waals surface area contributed by atoms with Gasteiger partial charge >= 0.3 is 0 Å². The van der Waals surface area contributed by atoms with Crippen molar-refractivity contribution in [1.82, 2.24) is 5.32 Å². The Hall–Kier alpha value is -0.120. The van der Waals surface area contributed by atoms with Crippen molar-refractivity contribution in [3.63, 3.8) is 0 Å². The van der Waals surface area contributed by atoms with Gasteiger partial charge in [0.2, 0.25) is 0 Å². The van der Waals surface area contributed by atoms with Gasteiger partial charge in [-0.2, -0.15) is 0 Å². The van der Waals surface area contributed by atoms with Gasteiger partial charge in [-0.05, 0) is 44.7 Å². The van der Waals surface area contributed by atoms with E-state index in [1.54, 1.807) is 0 Å². The van der Waals surface area contributed by atoms with E-state index in [4.69, 9.17) is 9.47 Å². The maximum atomic E-state index is 5.96. The number of ether oxygens (including phenoxy) is 2. The topological polar surface area (TPSA) is 30.5 Å². The van der Waals surface area contributed by atoms with Crippen LogP contribution in [-0.4, -0.2) is 39.0 Å². The van der Waals surface area contributed by atoms with Crippen molar-refractivity contribution in [2.45, 2.75) is 38.2 Å². The van der Waals surface area contributed by atoms with Crippen molar-refractivity contribution >= 4 is 0 Å². The molecule has 0 aliphatic carbocycles. The third-order valence-corrected chi connectivity index (χ3v) is 3.95. The summed E-state index contributed by atoms with van der Waals surface area (Å²) in [6.45, 7) is 6.10. The second kappa shape index (κ2) is 5.48. The molecule has 0 radical (unpaired) electrons. The summed E-state index contributed by atoms with van der Waals surface area (Å²) in [7, 11) is 2.03. The summed E-state index contributed by atoms with van der Waals surface area (Å²) in [5.41, 5.74) is 0.0856. The maximum Gasteiger partial charge on any atom is 0.0939 e. The van der Waals surface area contributed by atoms with Crippen LogP contribution in [0, 0.1) is 11.8 Å². The first-order chi connectivity index (χ1) is 7.74. The molecule has 0 aromatic carbocycles. The van der Waals surface area contributed by atoms with Crippen LogP contribution in [0.5, 0.6) is 0 Å².